The van der Waals surface area contributed by atoms with Gasteiger partial charge in [0, 0.05) is 17.3 Å². The maximum absolute atomic E-state index is 12.0. The van der Waals surface area contributed by atoms with E-state index in [0.717, 1.165) is 0 Å². The summed E-state index contributed by atoms with van der Waals surface area (Å²) in [6.45, 7) is 0. The van der Waals surface area contributed by atoms with Gasteiger partial charge in [0.25, 0.3) is 5.91 Å². The number of cyclic esters (lactones) is 1. The Labute approximate surface area is 108 Å². The molecule has 0 spiro atoms. The lowest BCUT2D eigenvalue weighted by Gasteiger charge is -2.25. The van der Waals surface area contributed by atoms with Gasteiger partial charge >= 0.3 is 5.97 Å². The van der Waals surface area contributed by atoms with Gasteiger partial charge in [-0.15, -0.1) is 0 Å². The topological polar surface area (TPSA) is 84.9 Å². The Morgan fingerprint density at radius 2 is 2.21 bits per heavy atom. The molecule has 98 valence electrons. The van der Waals surface area contributed by atoms with E-state index in [0.29, 0.717) is 17.0 Å². The van der Waals surface area contributed by atoms with Crippen LogP contribution in [0.5, 0.6) is 5.75 Å². The normalized spacial score (nSPS) is 28.0. The summed E-state index contributed by atoms with van der Waals surface area (Å²) in [5.74, 6) is -0.704. The first-order valence-corrected chi connectivity index (χ1v) is 5.67. The summed E-state index contributed by atoms with van der Waals surface area (Å²) in [5, 5.41) is 13.2. The predicted molar refractivity (Wildman–Crippen MR) is 64.5 cm³/mol. The molecule has 2 aliphatic heterocycles. The fourth-order valence-corrected chi connectivity index (χ4v) is 2.29. The second-order valence-corrected chi connectivity index (χ2v) is 4.35. The summed E-state index contributed by atoms with van der Waals surface area (Å²) in [5.41, 5.74) is -1.11. The van der Waals surface area contributed by atoms with Gasteiger partial charge in [0.15, 0.2) is 6.10 Å². The highest BCUT2D eigenvalue weighted by Crippen LogP contribution is 2.42. The van der Waals surface area contributed by atoms with Crippen LogP contribution in [0.3, 0.4) is 0 Å². The van der Waals surface area contributed by atoms with Gasteiger partial charge in [-0.05, 0) is 24.3 Å². The van der Waals surface area contributed by atoms with Crippen LogP contribution < -0.4 is 10.1 Å². The molecule has 1 amide bonds. The standard InChI is InChI=1S/C13H11NO5/c1-18-7-2-3-9-8(6-7)13(17,12(16)14-9)10-4-5-11(15)19-10/h2-6,10,17H,1H3,(H,14,16)/t10-,13-/m0/s1. The van der Waals surface area contributed by atoms with Gasteiger partial charge < -0.3 is 19.9 Å². The highest BCUT2D eigenvalue weighted by atomic mass is 16.6. The number of amides is 1. The van der Waals surface area contributed by atoms with E-state index >= 15 is 0 Å². The molecule has 6 nitrogen and oxygen atoms in total. The van der Waals surface area contributed by atoms with E-state index < -0.39 is 23.6 Å². The highest BCUT2D eigenvalue weighted by Gasteiger charge is 2.53. The van der Waals surface area contributed by atoms with Crippen LogP contribution in [-0.2, 0) is 19.9 Å². The molecule has 0 unspecified atom stereocenters. The van der Waals surface area contributed by atoms with Crippen molar-refractivity contribution in [1.82, 2.24) is 0 Å². The fourth-order valence-electron chi connectivity index (χ4n) is 2.29. The lowest BCUT2D eigenvalue weighted by Crippen LogP contribution is -2.45. The van der Waals surface area contributed by atoms with Crippen LogP contribution in [0.1, 0.15) is 5.56 Å². The summed E-state index contributed by atoms with van der Waals surface area (Å²) in [6.07, 6.45) is 1.53. The average molecular weight is 261 g/mol. The number of anilines is 1. The van der Waals surface area contributed by atoms with Crippen molar-refractivity contribution in [2.45, 2.75) is 11.7 Å². The second-order valence-electron chi connectivity index (χ2n) is 4.35. The molecule has 0 radical (unpaired) electrons. The summed E-state index contributed by atoms with van der Waals surface area (Å²) < 4.78 is 10.0. The molecule has 0 bridgehead atoms. The summed E-state index contributed by atoms with van der Waals surface area (Å²) >= 11 is 0. The number of fused-ring (bicyclic) bond motifs is 1. The number of esters is 1. The minimum Gasteiger partial charge on any atom is -0.497 e. The van der Waals surface area contributed by atoms with E-state index in [2.05, 4.69) is 5.32 Å². The molecule has 1 aromatic carbocycles. The Kier molecular flexibility index (Phi) is 2.36. The zero-order chi connectivity index (χ0) is 13.6. The minimum absolute atomic E-state index is 0.334. The number of carbonyl (C=O) groups excluding carboxylic acids is 2. The van der Waals surface area contributed by atoms with Crippen LogP contribution in [0, 0.1) is 0 Å². The third kappa shape index (κ3) is 1.53. The van der Waals surface area contributed by atoms with E-state index in [4.69, 9.17) is 9.47 Å². The Morgan fingerprint density at radius 3 is 2.84 bits per heavy atom. The Morgan fingerprint density at radius 1 is 1.42 bits per heavy atom. The Hall–Kier alpha value is -2.34. The van der Waals surface area contributed by atoms with Crippen molar-refractivity contribution in [2.24, 2.45) is 0 Å². The first-order chi connectivity index (χ1) is 9.05. The molecule has 0 aromatic heterocycles. The molecule has 0 saturated carbocycles. The van der Waals surface area contributed by atoms with Crippen molar-refractivity contribution in [3.63, 3.8) is 0 Å². The van der Waals surface area contributed by atoms with Gasteiger partial charge in [0.1, 0.15) is 5.75 Å². The van der Waals surface area contributed by atoms with Gasteiger partial charge in [-0.1, -0.05) is 0 Å². The number of benzene rings is 1. The van der Waals surface area contributed by atoms with E-state index in [-0.39, 0.29) is 0 Å². The molecule has 2 N–H and O–H groups in total. The maximum atomic E-state index is 12.0. The molecule has 0 aliphatic carbocycles. The van der Waals surface area contributed by atoms with Gasteiger partial charge in [0.05, 0.1) is 7.11 Å². The van der Waals surface area contributed by atoms with Crippen LogP contribution in [0.4, 0.5) is 5.69 Å². The van der Waals surface area contributed by atoms with E-state index in [1.807, 2.05) is 0 Å². The van der Waals surface area contributed by atoms with Crippen molar-refractivity contribution in [1.29, 1.82) is 0 Å². The van der Waals surface area contributed by atoms with Crippen molar-refractivity contribution < 1.29 is 24.2 Å². The number of hydrogen-bond donors (Lipinski definition) is 2. The molecule has 1 aromatic rings. The number of ether oxygens (including phenoxy) is 2. The van der Waals surface area contributed by atoms with Crippen LogP contribution in [-0.4, -0.2) is 30.2 Å². The SMILES string of the molecule is COc1ccc2c(c1)[C@](O)([C@@H]1C=CC(=O)O1)C(=O)N2. The smallest absolute Gasteiger partial charge is 0.331 e. The molecule has 0 saturated heterocycles. The second kappa shape index (κ2) is 3.83. The monoisotopic (exact) mass is 261 g/mol. The van der Waals surface area contributed by atoms with Crippen molar-refractivity contribution >= 4 is 17.6 Å². The van der Waals surface area contributed by atoms with Crippen molar-refractivity contribution in [2.75, 3.05) is 12.4 Å². The predicted octanol–water partition coefficient (Wildman–Crippen LogP) is 0.316. The van der Waals surface area contributed by atoms with Crippen LogP contribution in [0.2, 0.25) is 0 Å². The average Bonchev–Trinajstić information content (AvgIpc) is 2.94. The third-order valence-corrected chi connectivity index (χ3v) is 3.29. The van der Waals surface area contributed by atoms with Crippen LogP contribution >= 0.6 is 0 Å². The van der Waals surface area contributed by atoms with E-state index in [9.17, 15) is 14.7 Å². The number of hydrogen-bond acceptors (Lipinski definition) is 5. The van der Waals surface area contributed by atoms with Gasteiger partial charge in [-0.25, -0.2) is 4.79 Å². The molecular weight excluding hydrogens is 250 g/mol. The van der Waals surface area contributed by atoms with Crippen LogP contribution in [0.25, 0.3) is 0 Å². The lowest BCUT2D eigenvalue weighted by atomic mass is 9.89. The van der Waals surface area contributed by atoms with E-state index in [1.54, 1.807) is 18.2 Å². The molecule has 6 heteroatoms. The van der Waals surface area contributed by atoms with Crippen molar-refractivity contribution in [3.05, 3.63) is 35.9 Å². The molecule has 3 rings (SSSR count). The van der Waals surface area contributed by atoms with Gasteiger partial charge in [-0.2, -0.15) is 0 Å². The van der Waals surface area contributed by atoms with Gasteiger partial charge in [0.2, 0.25) is 5.60 Å². The number of methoxy groups -OCH3 is 1. The molecule has 19 heavy (non-hydrogen) atoms. The zero-order valence-electron chi connectivity index (χ0n) is 10.0. The first-order valence-electron chi connectivity index (χ1n) is 5.67. The largest absolute Gasteiger partial charge is 0.497 e. The maximum Gasteiger partial charge on any atom is 0.331 e. The molecule has 2 heterocycles. The van der Waals surface area contributed by atoms with E-state index in [1.165, 1.54) is 19.3 Å². The summed E-state index contributed by atoms with van der Waals surface area (Å²) in [6, 6.07) is 4.85. The molecule has 2 aliphatic rings. The Balaban J connectivity index is 2.10. The zero-order valence-corrected chi connectivity index (χ0v) is 10.0. The number of carbonyl (C=O) groups is 2. The number of rotatable bonds is 2. The van der Waals surface area contributed by atoms with Crippen molar-refractivity contribution in [3.8, 4) is 5.75 Å². The molecular formula is C13H11NO5. The minimum atomic E-state index is -1.92. The quantitative estimate of drug-likeness (QED) is 0.749. The third-order valence-electron chi connectivity index (χ3n) is 3.29. The molecule has 2 atom stereocenters. The summed E-state index contributed by atoms with van der Waals surface area (Å²) in [7, 11) is 1.49. The molecule has 0 fully saturated rings. The number of nitrogens with one attached hydrogen (secondary N) is 1. The fraction of sp³-hybridized carbons (Fsp3) is 0.231. The number of aliphatic hydroxyl groups is 1. The Bertz CT molecular complexity index is 609. The first kappa shape index (κ1) is 11.7. The lowest BCUT2D eigenvalue weighted by molar-refractivity contribution is -0.158. The van der Waals surface area contributed by atoms with Crippen LogP contribution in [0.15, 0.2) is 30.4 Å². The summed E-state index contributed by atoms with van der Waals surface area (Å²) in [4.78, 5) is 23.1. The highest BCUT2D eigenvalue weighted by molar-refractivity contribution is 6.06. The van der Waals surface area contributed by atoms with Gasteiger partial charge in [-0.3, -0.25) is 4.79 Å².